The van der Waals surface area contributed by atoms with Gasteiger partial charge in [-0.25, -0.2) is 0 Å². The van der Waals surface area contributed by atoms with E-state index >= 15 is 0 Å². The van der Waals surface area contributed by atoms with E-state index in [-0.39, 0.29) is 18.4 Å². The van der Waals surface area contributed by atoms with Crippen molar-refractivity contribution in [1.29, 1.82) is 0 Å². The zero-order valence-corrected chi connectivity index (χ0v) is 9.03. The Morgan fingerprint density at radius 2 is 1.75 bits per heavy atom. The first kappa shape index (κ1) is 12.4. The Bertz CT molecular complexity index is 107. The summed E-state index contributed by atoms with van der Waals surface area (Å²) in [5.41, 5.74) is 0. The molecule has 0 radical (unpaired) electrons. The summed E-state index contributed by atoms with van der Waals surface area (Å²) >= 11 is 3.13. The lowest BCUT2D eigenvalue weighted by Crippen LogP contribution is -2.36. The summed E-state index contributed by atoms with van der Waals surface area (Å²) in [5.74, 6) is -0.403. The monoisotopic (exact) mass is 240 g/mol. The fraction of sp³-hybridized carbons (Fsp3) is 1.00. The van der Waals surface area contributed by atoms with E-state index in [4.69, 9.17) is 5.11 Å². The van der Waals surface area contributed by atoms with Crippen molar-refractivity contribution >= 4 is 15.9 Å². The summed E-state index contributed by atoms with van der Waals surface area (Å²) < 4.78 is 0. The van der Waals surface area contributed by atoms with Gasteiger partial charge >= 0.3 is 0 Å². The topological polar surface area (TPSA) is 60.7 Å². The van der Waals surface area contributed by atoms with Crippen LogP contribution in [0.25, 0.3) is 0 Å². The van der Waals surface area contributed by atoms with Gasteiger partial charge in [0.25, 0.3) is 0 Å². The molecule has 0 aromatic heterocycles. The molecule has 0 saturated carbocycles. The maximum absolute atomic E-state index is 9.55. The minimum absolute atomic E-state index is 0.0550. The Balaban J connectivity index is 3.99. The number of aliphatic hydroxyl groups is 3. The maximum Gasteiger partial charge on any atom is 0.0687 e. The Morgan fingerprint density at radius 1 is 1.25 bits per heavy atom. The van der Waals surface area contributed by atoms with Crippen LogP contribution in [-0.4, -0.2) is 39.5 Å². The summed E-state index contributed by atoms with van der Waals surface area (Å²) in [7, 11) is 0. The van der Waals surface area contributed by atoms with Gasteiger partial charge < -0.3 is 15.3 Å². The molecule has 0 unspecified atom stereocenters. The second-order valence-corrected chi connectivity index (χ2v) is 3.88. The lowest BCUT2D eigenvalue weighted by atomic mass is 9.90. The predicted molar refractivity (Wildman–Crippen MR) is 51.2 cm³/mol. The third kappa shape index (κ3) is 3.39. The molecule has 0 aliphatic rings. The van der Waals surface area contributed by atoms with E-state index in [0.717, 1.165) is 0 Å². The van der Waals surface area contributed by atoms with E-state index in [0.29, 0.717) is 5.33 Å². The molecule has 4 atom stereocenters. The van der Waals surface area contributed by atoms with Gasteiger partial charge in [-0.15, -0.1) is 0 Å². The molecule has 12 heavy (non-hydrogen) atoms. The Labute approximate surface area is 81.5 Å². The molecule has 0 amide bonds. The molecule has 3 N–H and O–H groups in total. The van der Waals surface area contributed by atoms with E-state index in [1.54, 1.807) is 13.8 Å². The summed E-state index contributed by atoms with van der Waals surface area (Å²) in [4.78, 5) is 0. The van der Waals surface area contributed by atoms with Crippen LogP contribution in [0.2, 0.25) is 0 Å². The molecule has 0 saturated heterocycles. The molecular weight excluding hydrogens is 224 g/mol. The van der Waals surface area contributed by atoms with Crippen LogP contribution in [0.3, 0.4) is 0 Å². The third-order valence-corrected chi connectivity index (χ3v) is 2.84. The van der Waals surface area contributed by atoms with Crippen molar-refractivity contribution < 1.29 is 15.3 Å². The Hall–Kier alpha value is 0.360. The highest BCUT2D eigenvalue weighted by atomic mass is 79.9. The Morgan fingerprint density at radius 3 is 2.08 bits per heavy atom. The van der Waals surface area contributed by atoms with Crippen molar-refractivity contribution in [2.75, 3.05) is 11.9 Å². The molecule has 0 bridgehead atoms. The van der Waals surface area contributed by atoms with Gasteiger partial charge in [-0.1, -0.05) is 29.8 Å². The highest BCUT2D eigenvalue weighted by Gasteiger charge is 2.25. The first-order valence-electron chi connectivity index (χ1n) is 4.07. The standard InChI is InChI=1S/C8H17BrO3/c1-5(4-10)8(12)6(2)7(11)3-9/h5-8,10-12H,3-4H2,1-2H3/t5-,6+,7+,8-/m1/s1. The van der Waals surface area contributed by atoms with Gasteiger partial charge in [-0.3, -0.25) is 0 Å². The number of rotatable bonds is 5. The molecule has 0 spiro atoms. The average molecular weight is 241 g/mol. The fourth-order valence-electron chi connectivity index (χ4n) is 0.994. The van der Waals surface area contributed by atoms with Crippen LogP contribution in [0, 0.1) is 11.8 Å². The number of aliphatic hydroxyl groups excluding tert-OH is 3. The molecule has 3 nitrogen and oxygen atoms in total. The number of halogens is 1. The van der Waals surface area contributed by atoms with Crippen LogP contribution in [-0.2, 0) is 0 Å². The molecule has 4 heteroatoms. The van der Waals surface area contributed by atoms with Gasteiger partial charge in [-0.05, 0) is 0 Å². The van der Waals surface area contributed by atoms with Gasteiger partial charge in [0.2, 0.25) is 0 Å². The zero-order chi connectivity index (χ0) is 9.72. The van der Waals surface area contributed by atoms with Crippen LogP contribution < -0.4 is 0 Å². The molecule has 74 valence electrons. The van der Waals surface area contributed by atoms with E-state index in [1.807, 2.05) is 0 Å². The minimum Gasteiger partial charge on any atom is -0.396 e. The van der Waals surface area contributed by atoms with Gasteiger partial charge in [0.05, 0.1) is 12.2 Å². The second kappa shape index (κ2) is 5.91. The molecule has 0 aromatic carbocycles. The van der Waals surface area contributed by atoms with Gasteiger partial charge in [-0.2, -0.15) is 0 Å². The first-order valence-corrected chi connectivity index (χ1v) is 5.19. The minimum atomic E-state index is -0.650. The highest BCUT2D eigenvalue weighted by molar-refractivity contribution is 9.09. The fourth-order valence-corrected chi connectivity index (χ4v) is 1.58. The lowest BCUT2D eigenvalue weighted by molar-refractivity contribution is -0.0110. The third-order valence-electron chi connectivity index (χ3n) is 2.17. The number of hydrogen-bond donors (Lipinski definition) is 3. The predicted octanol–water partition coefficient (Wildman–Crippen LogP) is 0.368. The van der Waals surface area contributed by atoms with E-state index in [2.05, 4.69) is 15.9 Å². The van der Waals surface area contributed by atoms with Gasteiger partial charge in [0, 0.05) is 23.8 Å². The van der Waals surface area contributed by atoms with Crippen molar-refractivity contribution in [3.63, 3.8) is 0 Å². The SMILES string of the molecule is C[C@H]([C@H](O)[C@H](C)CO)[C@@H](O)CBr. The van der Waals surface area contributed by atoms with Crippen LogP contribution in [0.15, 0.2) is 0 Å². The molecule has 0 aliphatic heterocycles. The summed E-state index contributed by atoms with van der Waals surface area (Å²) in [5, 5.41) is 28.1. The smallest absolute Gasteiger partial charge is 0.0687 e. The molecule has 0 heterocycles. The summed E-state index contributed by atoms with van der Waals surface area (Å²) in [6, 6.07) is 0. The van der Waals surface area contributed by atoms with Crippen LogP contribution >= 0.6 is 15.9 Å². The van der Waals surface area contributed by atoms with Crippen LogP contribution in [0.4, 0.5) is 0 Å². The lowest BCUT2D eigenvalue weighted by Gasteiger charge is -2.26. The molecule has 0 aliphatic carbocycles. The zero-order valence-electron chi connectivity index (χ0n) is 7.44. The number of alkyl halides is 1. The van der Waals surface area contributed by atoms with E-state index in [9.17, 15) is 10.2 Å². The van der Waals surface area contributed by atoms with Crippen LogP contribution in [0.1, 0.15) is 13.8 Å². The molecule has 0 aromatic rings. The van der Waals surface area contributed by atoms with Gasteiger partial charge in [0.15, 0.2) is 0 Å². The molecule has 0 rings (SSSR count). The van der Waals surface area contributed by atoms with Crippen molar-refractivity contribution in [3.05, 3.63) is 0 Å². The molecular formula is C8H17BrO3. The normalized spacial score (nSPS) is 21.5. The number of hydrogen-bond acceptors (Lipinski definition) is 3. The Kier molecular flexibility index (Phi) is 6.09. The van der Waals surface area contributed by atoms with Crippen molar-refractivity contribution in [2.45, 2.75) is 26.1 Å². The average Bonchev–Trinajstić information content (AvgIpc) is 2.12. The van der Waals surface area contributed by atoms with Crippen molar-refractivity contribution in [1.82, 2.24) is 0 Å². The summed E-state index contributed by atoms with van der Waals surface area (Å²) in [6.07, 6.45) is -1.21. The summed E-state index contributed by atoms with van der Waals surface area (Å²) in [6.45, 7) is 3.46. The van der Waals surface area contributed by atoms with Crippen LogP contribution in [0.5, 0.6) is 0 Å². The van der Waals surface area contributed by atoms with E-state index < -0.39 is 12.2 Å². The van der Waals surface area contributed by atoms with E-state index in [1.165, 1.54) is 0 Å². The largest absolute Gasteiger partial charge is 0.396 e. The second-order valence-electron chi connectivity index (χ2n) is 3.23. The van der Waals surface area contributed by atoms with Crippen molar-refractivity contribution in [3.8, 4) is 0 Å². The van der Waals surface area contributed by atoms with Crippen molar-refractivity contribution in [2.24, 2.45) is 11.8 Å². The van der Waals surface area contributed by atoms with Gasteiger partial charge in [0.1, 0.15) is 0 Å². The molecule has 0 fully saturated rings. The maximum atomic E-state index is 9.55. The first-order chi connectivity index (χ1) is 5.54. The quantitative estimate of drug-likeness (QED) is 0.609. The highest BCUT2D eigenvalue weighted by Crippen LogP contribution is 2.17.